The first-order valence-electron chi connectivity index (χ1n) is 12.9. The van der Waals surface area contributed by atoms with Crippen LogP contribution in [0.25, 0.3) is 55.7 Å². The van der Waals surface area contributed by atoms with E-state index in [-0.39, 0.29) is 11.7 Å². The van der Waals surface area contributed by atoms with Gasteiger partial charge in [-0.1, -0.05) is 24.3 Å². The van der Waals surface area contributed by atoms with E-state index >= 15 is 0 Å². The number of aryl methyl sites for hydroxylation is 1. The molecule has 0 saturated carbocycles. The van der Waals surface area contributed by atoms with Gasteiger partial charge in [-0.2, -0.15) is 5.10 Å². The summed E-state index contributed by atoms with van der Waals surface area (Å²) in [6.07, 6.45) is 6.77. The molecule has 0 saturated heterocycles. The Labute approximate surface area is 233 Å². The van der Waals surface area contributed by atoms with Crippen LogP contribution in [0.3, 0.4) is 0 Å². The van der Waals surface area contributed by atoms with E-state index in [0.717, 1.165) is 44.3 Å². The quantitative estimate of drug-likeness (QED) is 0.220. The van der Waals surface area contributed by atoms with Gasteiger partial charge < -0.3 is 10.3 Å². The van der Waals surface area contributed by atoms with Crippen molar-refractivity contribution < 1.29 is 9.18 Å². The highest BCUT2D eigenvalue weighted by molar-refractivity contribution is 6.04. The maximum absolute atomic E-state index is 14.2. The molecule has 9 heteroatoms. The normalized spacial score (nSPS) is 11.3. The summed E-state index contributed by atoms with van der Waals surface area (Å²) in [7, 11) is 0. The molecule has 0 spiro atoms. The number of rotatable bonds is 5. The van der Waals surface area contributed by atoms with Gasteiger partial charge in [0.2, 0.25) is 0 Å². The largest absolute Gasteiger partial charge is 0.338 e. The van der Waals surface area contributed by atoms with Crippen molar-refractivity contribution in [2.24, 2.45) is 0 Å². The summed E-state index contributed by atoms with van der Waals surface area (Å²) < 4.78 is 14.2. The fourth-order valence-electron chi connectivity index (χ4n) is 5.02. The molecular weight excluding hydrogens is 517 g/mol. The highest BCUT2D eigenvalue weighted by Crippen LogP contribution is 2.34. The molecule has 5 heterocycles. The Morgan fingerprint density at radius 2 is 1.68 bits per heavy atom. The van der Waals surface area contributed by atoms with Gasteiger partial charge in [0.1, 0.15) is 17.2 Å². The first kappa shape index (κ1) is 24.3. The van der Waals surface area contributed by atoms with Crippen LogP contribution in [-0.2, 0) is 0 Å². The third kappa shape index (κ3) is 4.59. The lowest BCUT2D eigenvalue weighted by atomic mass is 10.0. The first-order valence-corrected chi connectivity index (χ1v) is 12.9. The Bertz CT molecular complexity index is 2060. The molecule has 0 atom stereocenters. The van der Waals surface area contributed by atoms with Crippen molar-refractivity contribution in [2.45, 2.75) is 6.92 Å². The average molecular weight is 540 g/mol. The molecule has 0 bridgehead atoms. The van der Waals surface area contributed by atoms with Crippen LogP contribution in [0.2, 0.25) is 0 Å². The van der Waals surface area contributed by atoms with Gasteiger partial charge in [0.15, 0.2) is 5.65 Å². The van der Waals surface area contributed by atoms with Crippen molar-refractivity contribution in [3.8, 4) is 33.6 Å². The van der Waals surface area contributed by atoms with Crippen molar-refractivity contribution in [3.05, 3.63) is 115 Å². The number of nitrogens with zero attached hydrogens (tertiary/aromatic N) is 4. The highest BCUT2D eigenvalue weighted by Gasteiger charge is 2.16. The maximum Gasteiger partial charge on any atom is 0.255 e. The summed E-state index contributed by atoms with van der Waals surface area (Å²) in [5.41, 5.74) is 7.96. The number of pyridine rings is 3. The molecule has 41 heavy (non-hydrogen) atoms. The predicted octanol–water partition coefficient (Wildman–Crippen LogP) is 6.93. The summed E-state index contributed by atoms with van der Waals surface area (Å²) in [5.74, 6) is -0.494. The van der Waals surface area contributed by atoms with Crippen molar-refractivity contribution in [1.82, 2.24) is 30.1 Å². The predicted molar refractivity (Wildman–Crippen MR) is 157 cm³/mol. The van der Waals surface area contributed by atoms with E-state index in [1.807, 2.05) is 55.5 Å². The molecule has 2 aromatic carbocycles. The molecule has 1 amide bonds. The van der Waals surface area contributed by atoms with Crippen molar-refractivity contribution in [2.75, 3.05) is 5.32 Å². The molecule has 8 nitrogen and oxygen atoms in total. The monoisotopic (exact) mass is 539 g/mol. The molecule has 0 radical (unpaired) electrons. The second-order valence-electron chi connectivity index (χ2n) is 9.80. The van der Waals surface area contributed by atoms with Crippen molar-refractivity contribution >= 4 is 33.7 Å². The van der Waals surface area contributed by atoms with Crippen LogP contribution in [0.4, 0.5) is 10.1 Å². The standard InChI is InChI=1S/C32H22FN7O/c1-18-9-20(11-23(33)10-18)25-7-8-35-30-26(25)14-28(38-30)29-27-13-22(16-36-31(27)40-39-29)21-12-24(17-34-15-21)37-32(41)19-5-3-2-4-6-19/h2-17H,1H3,(H,35,38)(H,37,41)(H,36,39,40). The number of aromatic amines is 2. The lowest BCUT2D eigenvalue weighted by Gasteiger charge is -2.07. The van der Waals surface area contributed by atoms with Crippen molar-refractivity contribution in [1.29, 1.82) is 0 Å². The molecular formula is C32H22FN7O. The number of aromatic nitrogens is 6. The second-order valence-corrected chi connectivity index (χ2v) is 9.80. The third-order valence-electron chi connectivity index (χ3n) is 6.92. The molecule has 0 fully saturated rings. The second kappa shape index (κ2) is 9.80. The van der Waals surface area contributed by atoms with Crippen molar-refractivity contribution in [3.63, 3.8) is 0 Å². The van der Waals surface area contributed by atoms with Gasteiger partial charge in [-0.3, -0.25) is 14.9 Å². The number of fused-ring (bicyclic) bond motifs is 2. The molecule has 0 aliphatic rings. The molecule has 7 aromatic rings. The van der Waals surface area contributed by atoms with Crippen LogP contribution in [0.5, 0.6) is 0 Å². The van der Waals surface area contributed by atoms with E-state index in [0.29, 0.717) is 28.2 Å². The Balaban J connectivity index is 1.25. The smallest absolute Gasteiger partial charge is 0.255 e. The van der Waals surface area contributed by atoms with Gasteiger partial charge in [0.05, 0.1) is 17.6 Å². The van der Waals surface area contributed by atoms with E-state index < -0.39 is 0 Å². The summed E-state index contributed by atoms with van der Waals surface area (Å²) in [5, 5.41) is 12.1. The first-order chi connectivity index (χ1) is 20.0. The van der Waals surface area contributed by atoms with Crippen LogP contribution in [0.15, 0.2) is 97.6 Å². The topological polar surface area (TPSA) is 112 Å². The number of benzene rings is 2. The summed E-state index contributed by atoms with van der Waals surface area (Å²) in [4.78, 5) is 29.4. The molecule has 7 rings (SSSR count). The molecule has 0 aliphatic carbocycles. The summed E-state index contributed by atoms with van der Waals surface area (Å²) >= 11 is 0. The van der Waals surface area contributed by atoms with Crippen LogP contribution in [0.1, 0.15) is 15.9 Å². The molecule has 5 aromatic heterocycles. The van der Waals surface area contributed by atoms with E-state index in [1.165, 1.54) is 12.1 Å². The molecule has 0 unspecified atom stereocenters. The molecule has 0 aliphatic heterocycles. The molecule has 198 valence electrons. The minimum atomic E-state index is -0.282. The minimum absolute atomic E-state index is 0.213. The van der Waals surface area contributed by atoms with Crippen LogP contribution < -0.4 is 5.32 Å². The van der Waals surface area contributed by atoms with E-state index in [1.54, 1.807) is 36.9 Å². The van der Waals surface area contributed by atoms with E-state index in [9.17, 15) is 9.18 Å². The van der Waals surface area contributed by atoms with Gasteiger partial charge in [0, 0.05) is 46.1 Å². The number of carbonyl (C=O) groups is 1. The lowest BCUT2D eigenvalue weighted by Crippen LogP contribution is -2.11. The zero-order chi connectivity index (χ0) is 27.9. The number of amides is 1. The number of halogens is 1. The lowest BCUT2D eigenvalue weighted by molar-refractivity contribution is 0.102. The highest BCUT2D eigenvalue weighted by atomic mass is 19.1. The fourth-order valence-corrected chi connectivity index (χ4v) is 5.02. The Kier molecular flexibility index (Phi) is 5.82. The SMILES string of the molecule is Cc1cc(F)cc(-c2ccnc3[nH]c(-c4n[nH]c5ncc(-c6cncc(NC(=O)c7ccccc7)c6)cc45)cc23)c1. The Hall–Kier alpha value is -5.70. The zero-order valence-electron chi connectivity index (χ0n) is 21.8. The number of anilines is 1. The van der Waals surface area contributed by atoms with Gasteiger partial charge in [-0.15, -0.1) is 0 Å². The Morgan fingerprint density at radius 1 is 0.829 bits per heavy atom. The van der Waals surface area contributed by atoms with Gasteiger partial charge >= 0.3 is 0 Å². The number of hydrogen-bond donors (Lipinski definition) is 3. The minimum Gasteiger partial charge on any atom is -0.338 e. The maximum atomic E-state index is 14.2. The Morgan fingerprint density at radius 3 is 2.54 bits per heavy atom. The van der Waals surface area contributed by atoms with Crippen LogP contribution in [0, 0.1) is 12.7 Å². The number of H-pyrrole nitrogens is 2. The van der Waals surface area contributed by atoms with Crippen LogP contribution in [-0.4, -0.2) is 36.0 Å². The zero-order valence-corrected chi connectivity index (χ0v) is 21.8. The number of carbonyl (C=O) groups excluding carboxylic acids is 1. The summed E-state index contributed by atoms with van der Waals surface area (Å²) in [6.45, 7) is 1.87. The number of hydrogen-bond acceptors (Lipinski definition) is 5. The van der Waals surface area contributed by atoms with Gasteiger partial charge in [0.25, 0.3) is 5.91 Å². The van der Waals surface area contributed by atoms with E-state index in [4.69, 9.17) is 0 Å². The van der Waals surface area contributed by atoms with Crippen LogP contribution >= 0.6 is 0 Å². The summed E-state index contributed by atoms with van der Waals surface area (Å²) in [6, 6.07) is 21.7. The van der Waals surface area contributed by atoms with Gasteiger partial charge in [-0.05, 0) is 72.1 Å². The number of nitrogens with one attached hydrogen (secondary N) is 3. The van der Waals surface area contributed by atoms with Gasteiger partial charge in [-0.25, -0.2) is 14.4 Å². The fraction of sp³-hybridized carbons (Fsp3) is 0.0312. The molecule has 3 N–H and O–H groups in total. The average Bonchev–Trinajstić information content (AvgIpc) is 3.61. The third-order valence-corrected chi connectivity index (χ3v) is 6.92. The van der Waals surface area contributed by atoms with E-state index in [2.05, 4.69) is 35.5 Å².